The molecule has 0 radical (unpaired) electrons. The van der Waals surface area contributed by atoms with Crippen LogP contribution in [0.5, 0.6) is 0 Å². The maximum atomic E-state index is 12.1. The van der Waals surface area contributed by atoms with Crippen LogP contribution in [0.3, 0.4) is 0 Å². The van der Waals surface area contributed by atoms with Gasteiger partial charge >= 0.3 is 4.87 Å². The Morgan fingerprint density at radius 2 is 1.43 bits per heavy atom. The number of nitrogens with zero attached hydrogens (tertiary/aromatic N) is 2. The minimum absolute atomic E-state index is 0.0295. The van der Waals surface area contributed by atoms with E-state index in [-0.39, 0.29) is 4.87 Å². The first-order valence-corrected chi connectivity index (χ1v) is 9.65. The van der Waals surface area contributed by atoms with E-state index in [1.807, 2.05) is 48.5 Å². The third-order valence-corrected chi connectivity index (χ3v) is 5.71. The molecule has 1 heterocycles. The number of halogens is 2. The van der Waals surface area contributed by atoms with Crippen molar-refractivity contribution in [2.24, 2.45) is 4.99 Å². The smallest absolute Gasteiger partial charge is 0.255 e. The molecule has 0 unspecified atom stereocenters. The standard InChI is InChI=1S/C14H8Br2N2OS2/c15-9-1-5-11(6-2-9)17-13-18(14(19)21-20-13)12-7-3-10(16)4-8-12/h1-8H. The van der Waals surface area contributed by atoms with Crippen LogP contribution in [-0.2, 0) is 0 Å². The van der Waals surface area contributed by atoms with E-state index in [0.29, 0.717) is 4.80 Å². The molecule has 2 aromatic carbocycles. The molecule has 7 heteroatoms. The van der Waals surface area contributed by atoms with Crippen molar-refractivity contribution in [1.29, 1.82) is 0 Å². The first-order chi connectivity index (χ1) is 10.1. The van der Waals surface area contributed by atoms with E-state index in [2.05, 4.69) is 36.9 Å². The molecule has 0 aliphatic heterocycles. The van der Waals surface area contributed by atoms with Crippen molar-refractivity contribution in [3.05, 3.63) is 71.9 Å². The van der Waals surface area contributed by atoms with Crippen LogP contribution in [0.1, 0.15) is 0 Å². The second kappa shape index (κ2) is 6.39. The minimum Gasteiger partial charge on any atom is -0.255 e. The third kappa shape index (κ3) is 3.42. The summed E-state index contributed by atoms with van der Waals surface area (Å²) in [6.07, 6.45) is 0. The monoisotopic (exact) mass is 442 g/mol. The molecule has 3 rings (SSSR count). The average Bonchev–Trinajstić information content (AvgIpc) is 2.83. The van der Waals surface area contributed by atoms with Gasteiger partial charge in [0.15, 0.2) is 0 Å². The number of hydrogen-bond acceptors (Lipinski definition) is 4. The van der Waals surface area contributed by atoms with Crippen molar-refractivity contribution in [1.82, 2.24) is 4.57 Å². The number of rotatable bonds is 2. The van der Waals surface area contributed by atoms with Gasteiger partial charge in [-0.1, -0.05) is 31.9 Å². The molecule has 0 fully saturated rings. The molecule has 0 spiro atoms. The molecule has 0 atom stereocenters. The molecule has 0 N–H and O–H groups in total. The Labute approximate surface area is 144 Å². The second-order valence-corrected chi connectivity index (χ2v) is 7.99. The second-order valence-electron chi connectivity index (χ2n) is 4.12. The Bertz CT molecular complexity index is 877. The lowest BCUT2D eigenvalue weighted by atomic mass is 10.3. The maximum Gasteiger partial charge on any atom is 0.323 e. The van der Waals surface area contributed by atoms with Crippen LogP contribution in [0.25, 0.3) is 5.69 Å². The lowest BCUT2D eigenvalue weighted by Gasteiger charge is -2.01. The van der Waals surface area contributed by atoms with Crippen molar-refractivity contribution in [3.63, 3.8) is 0 Å². The Kier molecular flexibility index (Phi) is 4.54. The van der Waals surface area contributed by atoms with Crippen LogP contribution >= 0.6 is 52.5 Å². The van der Waals surface area contributed by atoms with Crippen LogP contribution < -0.4 is 9.67 Å². The molecular formula is C14H8Br2N2OS2. The quantitative estimate of drug-likeness (QED) is 0.527. The predicted octanol–water partition coefficient (Wildman–Crippen LogP) is 4.72. The predicted molar refractivity (Wildman–Crippen MR) is 94.9 cm³/mol. The van der Waals surface area contributed by atoms with Crippen molar-refractivity contribution in [2.75, 3.05) is 0 Å². The summed E-state index contributed by atoms with van der Waals surface area (Å²) in [4.78, 5) is 17.3. The Morgan fingerprint density at radius 3 is 2.05 bits per heavy atom. The molecule has 0 bridgehead atoms. The van der Waals surface area contributed by atoms with Crippen molar-refractivity contribution in [3.8, 4) is 5.69 Å². The van der Waals surface area contributed by atoms with Gasteiger partial charge in [0.2, 0.25) is 4.80 Å². The highest BCUT2D eigenvalue weighted by Gasteiger charge is 2.06. The summed E-state index contributed by atoms with van der Waals surface area (Å²) in [6.45, 7) is 0. The molecule has 106 valence electrons. The Hall–Kier alpha value is -1.02. The summed E-state index contributed by atoms with van der Waals surface area (Å²) < 4.78 is 3.61. The van der Waals surface area contributed by atoms with E-state index in [1.165, 1.54) is 20.7 Å². The third-order valence-electron chi connectivity index (χ3n) is 2.70. The van der Waals surface area contributed by atoms with Gasteiger partial charge in [-0.05, 0) is 69.2 Å². The van der Waals surface area contributed by atoms with Crippen molar-refractivity contribution in [2.45, 2.75) is 0 Å². The fourth-order valence-corrected chi connectivity index (χ4v) is 4.13. The van der Waals surface area contributed by atoms with E-state index in [1.54, 1.807) is 4.57 Å². The summed E-state index contributed by atoms with van der Waals surface area (Å²) in [5.74, 6) is 0. The Morgan fingerprint density at radius 1 is 0.857 bits per heavy atom. The van der Waals surface area contributed by atoms with Crippen LogP contribution in [0, 0.1) is 0 Å². The molecule has 3 nitrogen and oxygen atoms in total. The highest BCUT2D eigenvalue weighted by atomic mass is 79.9. The molecule has 0 saturated heterocycles. The van der Waals surface area contributed by atoms with Crippen LogP contribution in [0.2, 0.25) is 0 Å². The molecule has 0 aliphatic carbocycles. The maximum absolute atomic E-state index is 12.1. The first-order valence-electron chi connectivity index (χ1n) is 5.92. The molecule has 1 aromatic heterocycles. The molecule has 0 amide bonds. The largest absolute Gasteiger partial charge is 0.323 e. The summed E-state index contributed by atoms with van der Waals surface area (Å²) in [5, 5.41) is 0. The zero-order valence-corrected chi connectivity index (χ0v) is 15.3. The van der Waals surface area contributed by atoms with E-state index >= 15 is 0 Å². The van der Waals surface area contributed by atoms with Gasteiger partial charge in [0, 0.05) is 8.95 Å². The van der Waals surface area contributed by atoms with Gasteiger partial charge in [-0.3, -0.25) is 4.79 Å². The van der Waals surface area contributed by atoms with Crippen LogP contribution in [0.4, 0.5) is 5.69 Å². The minimum atomic E-state index is -0.0295. The van der Waals surface area contributed by atoms with Gasteiger partial charge in [-0.25, -0.2) is 9.56 Å². The lowest BCUT2D eigenvalue weighted by molar-refractivity contribution is 0.974. The topological polar surface area (TPSA) is 34.4 Å². The van der Waals surface area contributed by atoms with Gasteiger partial charge in [-0.15, -0.1) is 0 Å². The van der Waals surface area contributed by atoms with Crippen molar-refractivity contribution >= 4 is 58.2 Å². The SMILES string of the molecule is O=c1ssc(=Nc2ccc(Br)cc2)n1-c1ccc(Br)cc1. The summed E-state index contributed by atoms with van der Waals surface area (Å²) in [5.41, 5.74) is 1.63. The summed E-state index contributed by atoms with van der Waals surface area (Å²) >= 11 is 6.79. The van der Waals surface area contributed by atoms with Crippen LogP contribution in [-0.4, -0.2) is 4.57 Å². The molecule has 0 saturated carbocycles. The van der Waals surface area contributed by atoms with E-state index in [4.69, 9.17) is 0 Å². The lowest BCUT2D eigenvalue weighted by Crippen LogP contribution is -2.22. The fourth-order valence-electron chi connectivity index (χ4n) is 1.73. The van der Waals surface area contributed by atoms with E-state index < -0.39 is 0 Å². The number of benzene rings is 2. The highest BCUT2D eigenvalue weighted by Crippen LogP contribution is 2.17. The molecule has 3 aromatic rings. The normalized spacial score (nSPS) is 11.8. The first kappa shape index (κ1) is 14.9. The van der Waals surface area contributed by atoms with Gasteiger partial charge in [0.1, 0.15) is 0 Å². The van der Waals surface area contributed by atoms with Gasteiger partial charge in [-0.2, -0.15) is 0 Å². The number of aromatic nitrogens is 1. The fraction of sp³-hybridized carbons (Fsp3) is 0. The van der Waals surface area contributed by atoms with E-state index in [0.717, 1.165) is 20.3 Å². The van der Waals surface area contributed by atoms with Gasteiger partial charge < -0.3 is 0 Å². The zero-order valence-electron chi connectivity index (χ0n) is 10.5. The number of hydrogen-bond donors (Lipinski definition) is 0. The molecule has 0 aliphatic rings. The Balaban J connectivity index is 2.15. The van der Waals surface area contributed by atoms with Gasteiger partial charge in [0.25, 0.3) is 0 Å². The summed E-state index contributed by atoms with van der Waals surface area (Å²) in [7, 11) is 2.56. The zero-order chi connectivity index (χ0) is 14.8. The summed E-state index contributed by atoms with van der Waals surface area (Å²) in [6, 6.07) is 15.3. The van der Waals surface area contributed by atoms with E-state index in [9.17, 15) is 4.79 Å². The van der Waals surface area contributed by atoms with Crippen molar-refractivity contribution < 1.29 is 0 Å². The van der Waals surface area contributed by atoms with Gasteiger partial charge in [0.05, 0.1) is 11.4 Å². The van der Waals surface area contributed by atoms with Crippen LogP contribution in [0.15, 0.2) is 67.3 Å². The highest BCUT2D eigenvalue weighted by molar-refractivity contribution is 9.10. The molecule has 21 heavy (non-hydrogen) atoms. The average molecular weight is 444 g/mol. The molecular weight excluding hydrogens is 436 g/mol.